The molecule has 16 heavy (non-hydrogen) atoms. The molecule has 0 aromatic heterocycles. The summed E-state index contributed by atoms with van der Waals surface area (Å²) < 4.78 is 10.5. The van der Waals surface area contributed by atoms with Gasteiger partial charge in [0.2, 0.25) is 0 Å². The maximum atomic E-state index is 11.4. The number of rotatable bonds is 5. The third-order valence-electron chi connectivity index (χ3n) is 2.91. The number of esters is 1. The van der Waals surface area contributed by atoms with Crippen molar-refractivity contribution in [1.29, 1.82) is 0 Å². The molecule has 0 bridgehead atoms. The van der Waals surface area contributed by atoms with Crippen LogP contribution in [0.15, 0.2) is 0 Å². The van der Waals surface area contributed by atoms with Gasteiger partial charge in [-0.25, -0.2) is 4.79 Å². The van der Waals surface area contributed by atoms with Gasteiger partial charge in [-0.1, -0.05) is 0 Å². The summed E-state index contributed by atoms with van der Waals surface area (Å²) in [6, 6.07) is 0. The summed E-state index contributed by atoms with van der Waals surface area (Å²) >= 11 is 0. The molecule has 3 atom stereocenters. The molecule has 0 aromatic rings. The van der Waals surface area contributed by atoms with Gasteiger partial charge in [-0.15, -0.1) is 0 Å². The number of hydrogen-bond donors (Lipinski definition) is 2. The van der Waals surface area contributed by atoms with E-state index >= 15 is 0 Å². The topological polar surface area (TPSA) is 81.8 Å². The highest BCUT2D eigenvalue weighted by atomic mass is 16.6. The van der Waals surface area contributed by atoms with Crippen molar-refractivity contribution >= 4 is 5.97 Å². The summed E-state index contributed by atoms with van der Waals surface area (Å²) in [6.45, 7) is 0.279. The predicted octanol–water partition coefficient (Wildman–Crippen LogP) is 0.197. The average Bonchev–Trinajstić information content (AvgIpc) is 2.29. The lowest BCUT2D eigenvalue weighted by Crippen LogP contribution is -2.34. The van der Waals surface area contributed by atoms with E-state index in [-0.39, 0.29) is 25.2 Å². The first kappa shape index (κ1) is 13.4. The second kappa shape index (κ2) is 6.83. The van der Waals surface area contributed by atoms with Gasteiger partial charge in [-0.05, 0) is 32.2 Å². The Hall–Kier alpha value is -0.650. The highest BCUT2D eigenvalue weighted by Crippen LogP contribution is 2.23. The highest BCUT2D eigenvalue weighted by Gasteiger charge is 2.26. The van der Waals surface area contributed by atoms with Gasteiger partial charge in [-0.3, -0.25) is 0 Å². The molecule has 1 aliphatic carbocycles. The van der Waals surface area contributed by atoms with Crippen molar-refractivity contribution in [2.75, 3.05) is 13.7 Å². The number of carbonyl (C=O) groups is 1. The molecule has 3 unspecified atom stereocenters. The van der Waals surface area contributed by atoms with E-state index in [1.54, 1.807) is 7.11 Å². The van der Waals surface area contributed by atoms with Gasteiger partial charge < -0.3 is 20.3 Å². The Labute approximate surface area is 95.9 Å². The molecule has 0 amide bonds. The van der Waals surface area contributed by atoms with Gasteiger partial charge in [0.05, 0.1) is 6.10 Å². The van der Waals surface area contributed by atoms with Crippen LogP contribution in [0.2, 0.25) is 0 Å². The van der Waals surface area contributed by atoms with Gasteiger partial charge in [0.15, 0.2) is 6.10 Å². The standard InChI is InChI=1S/C11H21NO4/c1-15-8-3-2-4-9(7-8)16-11(14)10(13)5-6-12/h8-10,13H,2-7,12H2,1H3. The molecular weight excluding hydrogens is 210 g/mol. The molecule has 0 radical (unpaired) electrons. The van der Waals surface area contributed by atoms with Crippen molar-refractivity contribution < 1.29 is 19.4 Å². The van der Waals surface area contributed by atoms with E-state index in [0.717, 1.165) is 25.7 Å². The summed E-state index contributed by atoms with van der Waals surface area (Å²) in [7, 11) is 1.66. The molecule has 0 saturated heterocycles. The van der Waals surface area contributed by atoms with E-state index < -0.39 is 12.1 Å². The minimum Gasteiger partial charge on any atom is -0.460 e. The van der Waals surface area contributed by atoms with Crippen LogP contribution in [0.4, 0.5) is 0 Å². The fourth-order valence-electron chi connectivity index (χ4n) is 1.94. The van der Waals surface area contributed by atoms with Gasteiger partial charge in [0.1, 0.15) is 6.10 Å². The minimum atomic E-state index is -1.09. The molecule has 94 valence electrons. The third kappa shape index (κ3) is 4.08. The zero-order chi connectivity index (χ0) is 12.0. The number of ether oxygens (including phenoxy) is 2. The van der Waals surface area contributed by atoms with Gasteiger partial charge in [-0.2, -0.15) is 0 Å². The van der Waals surface area contributed by atoms with Crippen LogP contribution in [0.3, 0.4) is 0 Å². The first-order valence-corrected chi connectivity index (χ1v) is 5.78. The molecule has 5 nitrogen and oxygen atoms in total. The quantitative estimate of drug-likeness (QED) is 0.660. The van der Waals surface area contributed by atoms with Crippen LogP contribution in [-0.2, 0) is 14.3 Å². The molecule has 5 heteroatoms. The summed E-state index contributed by atoms with van der Waals surface area (Å²) in [6.07, 6.45) is 2.77. The first-order valence-electron chi connectivity index (χ1n) is 5.78. The Kier molecular flexibility index (Phi) is 5.73. The van der Waals surface area contributed by atoms with Crippen LogP contribution in [0.25, 0.3) is 0 Å². The molecule has 1 aliphatic rings. The van der Waals surface area contributed by atoms with Crippen molar-refractivity contribution in [2.45, 2.75) is 50.4 Å². The first-order chi connectivity index (χ1) is 7.67. The fourth-order valence-corrected chi connectivity index (χ4v) is 1.94. The highest BCUT2D eigenvalue weighted by molar-refractivity contribution is 5.74. The Balaban J connectivity index is 2.32. The normalized spacial score (nSPS) is 27.4. The molecule has 3 N–H and O–H groups in total. The molecule has 0 spiro atoms. The number of nitrogens with two attached hydrogens (primary N) is 1. The lowest BCUT2D eigenvalue weighted by molar-refractivity contribution is -0.162. The smallest absolute Gasteiger partial charge is 0.335 e. The maximum Gasteiger partial charge on any atom is 0.335 e. The van der Waals surface area contributed by atoms with Crippen molar-refractivity contribution in [2.24, 2.45) is 5.73 Å². The molecule has 1 fully saturated rings. The summed E-state index contributed by atoms with van der Waals surface area (Å²) in [5.74, 6) is -0.563. The SMILES string of the molecule is COC1CCCC(OC(=O)C(O)CCN)C1. The van der Waals surface area contributed by atoms with E-state index in [1.165, 1.54) is 0 Å². The maximum absolute atomic E-state index is 11.4. The van der Waals surface area contributed by atoms with Gasteiger partial charge >= 0.3 is 5.97 Å². The van der Waals surface area contributed by atoms with Crippen molar-refractivity contribution in [3.8, 4) is 0 Å². The Morgan fingerprint density at radius 1 is 1.50 bits per heavy atom. The molecule has 0 heterocycles. The molecule has 1 rings (SSSR count). The van der Waals surface area contributed by atoms with Gasteiger partial charge in [0.25, 0.3) is 0 Å². The number of aliphatic hydroxyl groups excluding tert-OH is 1. The molecular formula is C11H21NO4. The number of carbonyl (C=O) groups excluding carboxylic acids is 1. The van der Waals surface area contributed by atoms with E-state index in [9.17, 15) is 9.90 Å². The van der Waals surface area contributed by atoms with Crippen LogP contribution in [0, 0.1) is 0 Å². The zero-order valence-electron chi connectivity index (χ0n) is 9.72. The fraction of sp³-hybridized carbons (Fsp3) is 0.909. The van der Waals surface area contributed by atoms with E-state index in [1.807, 2.05) is 0 Å². The van der Waals surface area contributed by atoms with Crippen LogP contribution < -0.4 is 5.73 Å². The second-order valence-corrected chi connectivity index (χ2v) is 4.18. The largest absolute Gasteiger partial charge is 0.460 e. The monoisotopic (exact) mass is 231 g/mol. The van der Waals surface area contributed by atoms with Crippen LogP contribution >= 0.6 is 0 Å². The number of hydrogen-bond acceptors (Lipinski definition) is 5. The second-order valence-electron chi connectivity index (χ2n) is 4.18. The Bertz CT molecular complexity index is 222. The summed E-state index contributed by atoms with van der Waals surface area (Å²) in [4.78, 5) is 11.4. The van der Waals surface area contributed by atoms with Crippen LogP contribution in [0.1, 0.15) is 32.1 Å². The average molecular weight is 231 g/mol. The lowest BCUT2D eigenvalue weighted by Gasteiger charge is -2.28. The molecule has 0 aromatic carbocycles. The third-order valence-corrected chi connectivity index (χ3v) is 2.91. The molecule has 0 aliphatic heterocycles. The van der Waals surface area contributed by atoms with E-state index in [0.29, 0.717) is 0 Å². The van der Waals surface area contributed by atoms with Gasteiger partial charge in [0, 0.05) is 13.5 Å². The number of aliphatic hydroxyl groups is 1. The van der Waals surface area contributed by atoms with E-state index in [4.69, 9.17) is 15.2 Å². The van der Waals surface area contributed by atoms with Crippen LogP contribution in [-0.4, -0.2) is 43.0 Å². The van der Waals surface area contributed by atoms with Crippen molar-refractivity contribution in [3.05, 3.63) is 0 Å². The Morgan fingerprint density at radius 2 is 2.19 bits per heavy atom. The zero-order valence-corrected chi connectivity index (χ0v) is 9.72. The Morgan fingerprint density at radius 3 is 2.81 bits per heavy atom. The molecule has 1 saturated carbocycles. The summed E-state index contributed by atoms with van der Waals surface area (Å²) in [5.41, 5.74) is 5.26. The summed E-state index contributed by atoms with van der Waals surface area (Å²) in [5, 5.41) is 9.39. The van der Waals surface area contributed by atoms with Crippen molar-refractivity contribution in [3.63, 3.8) is 0 Å². The minimum absolute atomic E-state index is 0.126. The lowest BCUT2D eigenvalue weighted by atomic mass is 9.95. The predicted molar refractivity (Wildman–Crippen MR) is 58.8 cm³/mol. The van der Waals surface area contributed by atoms with Crippen LogP contribution in [0.5, 0.6) is 0 Å². The van der Waals surface area contributed by atoms with Crippen molar-refractivity contribution in [1.82, 2.24) is 0 Å². The number of methoxy groups -OCH3 is 1. The van der Waals surface area contributed by atoms with E-state index in [2.05, 4.69) is 0 Å².